The first-order chi connectivity index (χ1) is 20.7. The Hall–Kier alpha value is -4.44. The number of rotatable bonds is 11. The minimum absolute atomic E-state index is 0.0702. The second-order valence-electron chi connectivity index (χ2n) is 8.87. The number of nitro groups is 2. The molecule has 4 aromatic carbocycles. The van der Waals surface area contributed by atoms with E-state index in [2.05, 4.69) is 0 Å². The molecule has 0 unspecified atom stereocenters. The molecule has 0 radical (unpaired) electrons. The fourth-order valence-electron chi connectivity index (χ4n) is 3.74. The van der Waals surface area contributed by atoms with Crippen LogP contribution in [0.25, 0.3) is 0 Å². The highest BCUT2D eigenvalue weighted by atomic mass is 33.1. The summed E-state index contributed by atoms with van der Waals surface area (Å²) in [5.74, 6) is 0.622. The molecule has 0 aliphatic carbocycles. The van der Waals surface area contributed by atoms with Crippen molar-refractivity contribution in [1.82, 2.24) is 0 Å². The number of ether oxygens (including phenoxy) is 2. The third-order valence-electron chi connectivity index (χ3n) is 5.84. The minimum atomic E-state index is -4.52. The number of hydrogen-bond acceptors (Lipinski definition) is 8. The molecule has 44 heavy (non-hydrogen) atoms. The van der Waals surface area contributed by atoms with E-state index in [0.717, 1.165) is 70.1 Å². The number of nitrogens with zero attached hydrogens (tertiary/aromatic N) is 2. The summed E-state index contributed by atoms with van der Waals surface area (Å²) >= 11 is 0. The summed E-state index contributed by atoms with van der Waals surface area (Å²) in [5, 5.41) is 23.1. The van der Waals surface area contributed by atoms with Crippen molar-refractivity contribution in [2.75, 3.05) is 0 Å². The van der Waals surface area contributed by atoms with Crippen molar-refractivity contribution >= 4 is 33.0 Å². The summed E-state index contributed by atoms with van der Waals surface area (Å²) in [6.45, 7) is 0. The second-order valence-corrected chi connectivity index (χ2v) is 11.3. The van der Waals surface area contributed by atoms with Crippen molar-refractivity contribution in [1.29, 1.82) is 0 Å². The van der Waals surface area contributed by atoms with Crippen LogP contribution in [-0.4, -0.2) is 9.85 Å². The number of alkyl halides is 6. The lowest BCUT2D eigenvalue weighted by atomic mass is 10.2. The number of benzene rings is 4. The normalized spacial score (nSPS) is 11.7. The molecule has 0 aliphatic heterocycles. The van der Waals surface area contributed by atoms with E-state index in [1.807, 2.05) is 0 Å². The van der Waals surface area contributed by atoms with Gasteiger partial charge in [-0.1, -0.05) is 21.6 Å². The molecule has 0 atom stereocenters. The molecule has 0 amide bonds. The molecule has 16 heteroatoms. The van der Waals surface area contributed by atoms with Gasteiger partial charge < -0.3 is 9.47 Å². The van der Waals surface area contributed by atoms with Gasteiger partial charge in [0, 0.05) is 34.8 Å². The average molecular weight is 657 g/mol. The quantitative estimate of drug-likeness (QED) is 0.0516. The zero-order valence-electron chi connectivity index (χ0n) is 21.9. The lowest BCUT2D eigenvalue weighted by Crippen LogP contribution is -2.04. The van der Waals surface area contributed by atoms with Crippen LogP contribution in [0.3, 0.4) is 0 Å². The van der Waals surface area contributed by atoms with E-state index in [4.69, 9.17) is 9.47 Å². The van der Waals surface area contributed by atoms with Gasteiger partial charge in [0.25, 0.3) is 11.4 Å². The van der Waals surface area contributed by atoms with Crippen LogP contribution < -0.4 is 9.47 Å². The molecule has 0 fully saturated rings. The summed E-state index contributed by atoms with van der Waals surface area (Å²) < 4.78 is 88.0. The molecule has 0 heterocycles. The van der Waals surface area contributed by atoms with Crippen LogP contribution in [-0.2, 0) is 23.9 Å². The maximum absolute atomic E-state index is 12.8. The Kier molecular flexibility index (Phi) is 9.94. The lowest BCUT2D eigenvalue weighted by molar-refractivity contribution is -0.385. The molecular formula is C28H18F6N2O6S2. The molecule has 0 spiro atoms. The molecule has 0 N–H and O–H groups in total. The predicted molar refractivity (Wildman–Crippen MR) is 152 cm³/mol. The van der Waals surface area contributed by atoms with Crippen molar-refractivity contribution < 1.29 is 45.7 Å². The van der Waals surface area contributed by atoms with E-state index in [1.54, 1.807) is 0 Å². The molecule has 8 nitrogen and oxygen atoms in total. The van der Waals surface area contributed by atoms with E-state index >= 15 is 0 Å². The number of hydrogen-bond donors (Lipinski definition) is 0. The SMILES string of the molecule is O=[N+]([O-])c1ccc(Oc2ccc(C(F)(F)F)cc2)cc1CSSCc1cc(Oc2ccc(C(F)(F)F)cc2)ccc1[N+](=O)[O-]. The van der Waals surface area contributed by atoms with Crippen molar-refractivity contribution in [3.8, 4) is 23.0 Å². The monoisotopic (exact) mass is 656 g/mol. The second kappa shape index (κ2) is 13.5. The lowest BCUT2D eigenvalue weighted by Gasteiger charge is -2.11. The van der Waals surface area contributed by atoms with Gasteiger partial charge in [-0.3, -0.25) is 20.2 Å². The average Bonchev–Trinajstić information content (AvgIpc) is 2.95. The van der Waals surface area contributed by atoms with Crippen LogP contribution in [0.15, 0.2) is 84.9 Å². The van der Waals surface area contributed by atoms with E-state index in [1.165, 1.54) is 36.4 Å². The van der Waals surface area contributed by atoms with E-state index in [9.17, 15) is 46.6 Å². The third kappa shape index (κ3) is 8.57. The van der Waals surface area contributed by atoms with Gasteiger partial charge in [-0.15, -0.1) is 0 Å². The maximum atomic E-state index is 12.8. The highest BCUT2D eigenvalue weighted by Gasteiger charge is 2.31. The topological polar surface area (TPSA) is 105 Å². The van der Waals surface area contributed by atoms with E-state index in [0.29, 0.717) is 0 Å². The predicted octanol–water partition coefficient (Wildman–Crippen LogP) is 10.2. The summed E-state index contributed by atoms with van der Waals surface area (Å²) in [6, 6.07) is 15.6. The van der Waals surface area contributed by atoms with Gasteiger partial charge in [-0.25, -0.2) is 0 Å². The first-order valence-corrected chi connectivity index (χ1v) is 14.7. The largest absolute Gasteiger partial charge is 0.457 e. The molecule has 0 aromatic heterocycles. The van der Waals surface area contributed by atoms with Crippen LogP contribution in [0.1, 0.15) is 22.3 Å². The van der Waals surface area contributed by atoms with Gasteiger partial charge in [0.15, 0.2) is 0 Å². The van der Waals surface area contributed by atoms with E-state index < -0.39 is 33.3 Å². The van der Waals surface area contributed by atoms with Gasteiger partial charge in [0.1, 0.15) is 23.0 Å². The Labute approximate surface area is 252 Å². The third-order valence-corrected chi connectivity index (χ3v) is 8.07. The highest BCUT2D eigenvalue weighted by Crippen LogP contribution is 2.39. The molecule has 0 saturated heterocycles. The van der Waals surface area contributed by atoms with Gasteiger partial charge in [-0.2, -0.15) is 26.3 Å². The van der Waals surface area contributed by atoms with Gasteiger partial charge >= 0.3 is 12.4 Å². The molecule has 230 valence electrons. The summed E-state index contributed by atoms with van der Waals surface area (Å²) in [7, 11) is 2.30. The summed E-state index contributed by atoms with van der Waals surface area (Å²) in [5.41, 5.74) is -1.69. The van der Waals surface area contributed by atoms with E-state index in [-0.39, 0.29) is 57.0 Å². The minimum Gasteiger partial charge on any atom is -0.457 e. The smallest absolute Gasteiger partial charge is 0.416 e. The van der Waals surface area contributed by atoms with Crippen LogP contribution >= 0.6 is 21.6 Å². The molecular weight excluding hydrogens is 638 g/mol. The molecule has 0 bridgehead atoms. The Bertz CT molecular complexity index is 1530. The van der Waals surface area contributed by atoms with Crippen LogP contribution in [0.2, 0.25) is 0 Å². The maximum Gasteiger partial charge on any atom is 0.416 e. The van der Waals surface area contributed by atoms with Crippen LogP contribution in [0.5, 0.6) is 23.0 Å². The van der Waals surface area contributed by atoms with Crippen molar-refractivity contribution in [2.45, 2.75) is 23.9 Å². The highest BCUT2D eigenvalue weighted by molar-refractivity contribution is 8.76. The molecule has 0 aliphatic rings. The Morgan fingerprint density at radius 1 is 0.545 bits per heavy atom. The summed E-state index contributed by atoms with van der Waals surface area (Å²) in [4.78, 5) is 21.9. The zero-order chi connectivity index (χ0) is 32.1. The van der Waals surface area contributed by atoms with Crippen LogP contribution in [0.4, 0.5) is 37.7 Å². The first kappa shape index (κ1) is 32.5. The molecule has 4 aromatic rings. The summed E-state index contributed by atoms with van der Waals surface area (Å²) in [6.07, 6.45) is -9.04. The van der Waals surface area contributed by atoms with Crippen molar-refractivity contribution in [2.24, 2.45) is 0 Å². The van der Waals surface area contributed by atoms with Crippen LogP contribution in [0, 0.1) is 20.2 Å². The Morgan fingerprint density at radius 3 is 1.16 bits per heavy atom. The molecule has 4 rings (SSSR count). The number of nitro benzene ring substituents is 2. The molecule has 0 saturated carbocycles. The van der Waals surface area contributed by atoms with Crippen molar-refractivity contribution in [3.05, 3.63) is 127 Å². The Morgan fingerprint density at radius 2 is 0.864 bits per heavy atom. The first-order valence-electron chi connectivity index (χ1n) is 12.2. The van der Waals surface area contributed by atoms with Gasteiger partial charge in [-0.05, 0) is 72.8 Å². The van der Waals surface area contributed by atoms with Gasteiger partial charge in [0.2, 0.25) is 0 Å². The van der Waals surface area contributed by atoms with Crippen molar-refractivity contribution in [3.63, 3.8) is 0 Å². The number of halogens is 6. The zero-order valence-corrected chi connectivity index (χ0v) is 23.6. The standard InChI is InChI=1S/C28H18F6N2O6S2/c29-27(30,31)19-1-5-21(6-2-19)41-23-9-11-25(35(37)38)17(13-23)15-43-44-16-18-14-24(10-12-26(18)36(39)40)42-22-7-3-20(4-8-22)28(32,33)34/h1-14H,15-16H2. The Balaban J connectivity index is 1.43. The van der Waals surface area contributed by atoms with Gasteiger partial charge in [0.05, 0.1) is 21.0 Å². The fourth-order valence-corrected chi connectivity index (χ4v) is 5.89. The fraction of sp³-hybridized carbons (Fsp3) is 0.143.